The zero-order valence-corrected chi connectivity index (χ0v) is 11.4. The Balaban J connectivity index is 2.05. The van der Waals surface area contributed by atoms with Gasteiger partial charge in [-0.15, -0.1) is 0 Å². The summed E-state index contributed by atoms with van der Waals surface area (Å²) in [7, 11) is 0. The van der Waals surface area contributed by atoms with Crippen LogP contribution in [0.5, 0.6) is 5.75 Å². The maximum Gasteiger partial charge on any atom is 0.123 e. The van der Waals surface area contributed by atoms with Gasteiger partial charge in [0, 0.05) is 23.3 Å². The van der Waals surface area contributed by atoms with E-state index in [9.17, 15) is 4.39 Å². The predicted molar refractivity (Wildman–Crippen MR) is 76.3 cm³/mol. The second kappa shape index (κ2) is 6.43. The predicted octanol–water partition coefficient (Wildman–Crippen LogP) is 4.49. The molecule has 100 valence electrons. The minimum atomic E-state index is -0.288. The van der Waals surface area contributed by atoms with Gasteiger partial charge in [0.25, 0.3) is 0 Å². The number of rotatable bonds is 5. The fourth-order valence-electron chi connectivity index (χ4n) is 1.74. The van der Waals surface area contributed by atoms with Crippen LogP contribution >= 0.6 is 11.6 Å². The molecule has 4 heteroatoms. The van der Waals surface area contributed by atoms with Crippen molar-refractivity contribution in [3.8, 4) is 5.75 Å². The van der Waals surface area contributed by atoms with Crippen molar-refractivity contribution >= 4 is 17.3 Å². The van der Waals surface area contributed by atoms with Crippen LogP contribution in [0.25, 0.3) is 0 Å². The Morgan fingerprint density at radius 3 is 2.84 bits per heavy atom. The van der Waals surface area contributed by atoms with Crippen LogP contribution in [-0.4, -0.2) is 6.61 Å². The molecule has 2 aromatic carbocycles. The topological polar surface area (TPSA) is 21.3 Å². The van der Waals surface area contributed by atoms with Gasteiger partial charge in [-0.3, -0.25) is 0 Å². The van der Waals surface area contributed by atoms with Gasteiger partial charge < -0.3 is 10.1 Å². The van der Waals surface area contributed by atoms with E-state index in [4.69, 9.17) is 16.3 Å². The van der Waals surface area contributed by atoms with Gasteiger partial charge in [-0.1, -0.05) is 17.7 Å². The summed E-state index contributed by atoms with van der Waals surface area (Å²) >= 11 is 6.01. The Kier molecular flexibility index (Phi) is 4.63. The van der Waals surface area contributed by atoms with E-state index < -0.39 is 0 Å². The Hall–Kier alpha value is -1.74. The summed E-state index contributed by atoms with van der Waals surface area (Å²) in [5, 5.41) is 3.75. The fourth-order valence-corrected chi connectivity index (χ4v) is 1.92. The van der Waals surface area contributed by atoms with Crippen molar-refractivity contribution in [2.24, 2.45) is 0 Å². The molecular formula is C15H15ClFNO. The highest BCUT2D eigenvalue weighted by Gasteiger charge is 2.02. The summed E-state index contributed by atoms with van der Waals surface area (Å²) in [4.78, 5) is 0. The van der Waals surface area contributed by atoms with Crippen LogP contribution in [0.1, 0.15) is 12.5 Å². The zero-order chi connectivity index (χ0) is 13.7. The molecule has 0 aromatic heterocycles. The lowest BCUT2D eigenvalue weighted by Gasteiger charge is -2.10. The molecule has 2 nitrogen and oxygen atoms in total. The minimum absolute atomic E-state index is 0.288. The first kappa shape index (κ1) is 13.7. The number of ether oxygens (including phenoxy) is 1. The Bertz CT molecular complexity index is 560. The highest BCUT2D eigenvalue weighted by atomic mass is 35.5. The molecule has 0 saturated carbocycles. The van der Waals surface area contributed by atoms with Crippen molar-refractivity contribution in [2.75, 3.05) is 11.9 Å². The van der Waals surface area contributed by atoms with Crippen LogP contribution < -0.4 is 10.1 Å². The second-order valence-corrected chi connectivity index (χ2v) is 4.46. The molecule has 0 aliphatic rings. The number of benzene rings is 2. The summed E-state index contributed by atoms with van der Waals surface area (Å²) in [6.45, 7) is 3.03. The number of nitrogens with one attached hydrogen (secondary N) is 1. The molecule has 0 radical (unpaired) electrons. The summed E-state index contributed by atoms with van der Waals surface area (Å²) in [6, 6.07) is 12.0. The van der Waals surface area contributed by atoms with E-state index in [2.05, 4.69) is 5.32 Å². The Morgan fingerprint density at radius 1 is 1.21 bits per heavy atom. The molecule has 0 aliphatic carbocycles. The van der Waals surface area contributed by atoms with Gasteiger partial charge in [0.05, 0.1) is 6.61 Å². The van der Waals surface area contributed by atoms with Crippen LogP contribution in [0.4, 0.5) is 10.1 Å². The van der Waals surface area contributed by atoms with E-state index >= 15 is 0 Å². The van der Waals surface area contributed by atoms with E-state index in [1.54, 1.807) is 6.07 Å². The molecule has 0 aliphatic heterocycles. The third-order valence-electron chi connectivity index (χ3n) is 2.64. The molecule has 0 bridgehead atoms. The summed E-state index contributed by atoms with van der Waals surface area (Å²) < 4.78 is 18.5. The molecule has 0 saturated heterocycles. The lowest BCUT2D eigenvalue weighted by molar-refractivity contribution is 0.340. The van der Waals surface area contributed by atoms with Crippen molar-refractivity contribution in [3.05, 3.63) is 58.9 Å². The van der Waals surface area contributed by atoms with Gasteiger partial charge in [0.1, 0.15) is 11.6 Å². The van der Waals surface area contributed by atoms with Crippen molar-refractivity contribution < 1.29 is 9.13 Å². The Labute approximate surface area is 117 Å². The largest absolute Gasteiger partial charge is 0.494 e. The minimum Gasteiger partial charge on any atom is -0.494 e. The summed E-state index contributed by atoms with van der Waals surface area (Å²) in [5.74, 6) is 0.516. The average molecular weight is 280 g/mol. The zero-order valence-electron chi connectivity index (χ0n) is 10.6. The Morgan fingerprint density at radius 2 is 2.05 bits per heavy atom. The van der Waals surface area contributed by atoms with Gasteiger partial charge in [0.2, 0.25) is 0 Å². The number of hydrogen-bond donors (Lipinski definition) is 1. The maximum absolute atomic E-state index is 13.1. The van der Waals surface area contributed by atoms with E-state index in [-0.39, 0.29) is 5.82 Å². The number of anilines is 1. The van der Waals surface area contributed by atoms with Crippen molar-refractivity contribution in [1.82, 2.24) is 0 Å². The van der Waals surface area contributed by atoms with Gasteiger partial charge >= 0.3 is 0 Å². The molecule has 0 heterocycles. The molecule has 19 heavy (non-hydrogen) atoms. The van der Waals surface area contributed by atoms with E-state index in [0.29, 0.717) is 18.2 Å². The maximum atomic E-state index is 13.1. The molecule has 2 rings (SSSR count). The first-order valence-electron chi connectivity index (χ1n) is 6.09. The monoisotopic (exact) mass is 279 g/mol. The van der Waals surface area contributed by atoms with Crippen molar-refractivity contribution in [1.29, 1.82) is 0 Å². The van der Waals surface area contributed by atoms with Crippen LogP contribution in [0.3, 0.4) is 0 Å². The van der Waals surface area contributed by atoms with Crippen LogP contribution in [0.15, 0.2) is 42.5 Å². The highest BCUT2D eigenvalue weighted by molar-refractivity contribution is 6.31. The van der Waals surface area contributed by atoms with E-state index in [1.807, 2.05) is 31.2 Å². The fraction of sp³-hybridized carbons (Fsp3) is 0.200. The molecule has 1 N–H and O–H groups in total. The van der Waals surface area contributed by atoms with Gasteiger partial charge in [-0.05, 0) is 42.8 Å². The van der Waals surface area contributed by atoms with Gasteiger partial charge in [-0.2, -0.15) is 0 Å². The molecule has 0 fully saturated rings. The van der Waals surface area contributed by atoms with Crippen LogP contribution in [-0.2, 0) is 6.54 Å². The average Bonchev–Trinajstić information content (AvgIpc) is 2.41. The van der Waals surface area contributed by atoms with Crippen LogP contribution in [0.2, 0.25) is 5.02 Å². The van der Waals surface area contributed by atoms with Gasteiger partial charge in [-0.25, -0.2) is 4.39 Å². The standard InChI is InChI=1S/C15H15ClFNO/c1-2-19-14-5-3-4-13(9-14)18-10-11-8-12(17)6-7-15(11)16/h3-9,18H,2,10H2,1H3. The summed E-state index contributed by atoms with van der Waals surface area (Å²) in [5.41, 5.74) is 1.63. The third kappa shape index (κ3) is 3.86. The van der Waals surface area contributed by atoms with Crippen molar-refractivity contribution in [2.45, 2.75) is 13.5 Å². The number of hydrogen-bond acceptors (Lipinski definition) is 2. The normalized spacial score (nSPS) is 10.3. The smallest absolute Gasteiger partial charge is 0.123 e. The van der Waals surface area contributed by atoms with Crippen molar-refractivity contribution in [3.63, 3.8) is 0 Å². The molecule has 0 spiro atoms. The van der Waals surface area contributed by atoms with E-state index in [1.165, 1.54) is 12.1 Å². The quantitative estimate of drug-likeness (QED) is 0.871. The number of halogens is 2. The first-order valence-corrected chi connectivity index (χ1v) is 6.47. The van der Waals surface area contributed by atoms with Gasteiger partial charge in [0.15, 0.2) is 0 Å². The van der Waals surface area contributed by atoms with Crippen LogP contribution in [0, 0.1) is 5.82 Å². The molecule has 0 unspecified atom stereocenters. The SMILES string of the molecule is CCOc1cccc(NCc2cc(F)ccc2Cl)c1. The summed E-state index contributed by atoms with van der Waals surface area (Å²) in [6.07, 6.45) is 0. The lowest BCUT2D eigenvalue weighted by Crippen LogP contribution is -2.01. The molecular weight excluding hydrogens is 265 g/mol. The molecule has 2 aromatic rings. The third-order valence-corrected chi connectivity index (χ3v) is 3.00. The first-order chi connectivity index (χ1) is 9.19. The van der Waals surface area contributed by atoms with E-state index in [0.717, 1.165) is 17.0 Å². The second-order valence-electron chi connectivity index (χ2n) is 4.05. The molecule has 0 amide bonds. The lowest BCUT2D eigenvalue weighted by atomic mass is 10.2. The highest BCUT2D eigenvalue weighted by Crippen LogP contribution is 2.21. The molecule has 0 atom stereocenters.